The normalized spacial score (nSPS) is 47.2. The second-order valence-corrected chi connectivity index (χ2v) is 10.7. The maximum absolute atomic E-state index is 12.7. The van der Waals surface area contributed by atoms with Crippen molar-refractivity contribution in [3.05, 3.63) is 11.6 Å². The molecule has 4 aliphatic carbocycles. The molecule has 0 N–H and O–H groups in total. The molecule has 0 radical (unpaired) electrons. The predicted octanol–water partition coefficient (Wildman–Crippen LogP) is 4.86. The quantitative estimate of drug-likeness (QED) is 0.679. The number of carbonyl (C=O) groups excluding carboxylic acids is 2. The van der Waals surface area contributed by atoms with E-state index in [1.807, 2.05) is 6.08 Å². The number of carbonyl (C=O) groups is 2. The Labute approximate surface area is 174 Å². The summed E-state index contributed by atoms with van der Waals surface area (Å²) in [7, 11) is 0. The summed E-state index contributed by atoms with van der Waals surface area (Å²) in [6, 6.07) is 0. The lowest BCUT2D eigenvalue weighted by Crippen LogP contribution is -2.56. The van der Waals surface area contributed by atoms with Crippen LogP contribution in [-0.2, 0) is 19.1 Å². The van der Waals surface area contributed by atoms with Gasteiger partial charge in [0.2, 0.25) is 0 Å². The predicted molar refractivity (Wildman–Crippen MR) is 110 cm³/mol. The Morgan fingerprint density at radius 1 is 1.10 bits per heavy atom. The molecule has 1 saturated heterocycles. The second-order valence-electron chi connectivity index (χ2n) is 10.7. The van der Waals surface area contributed by atoms with Crippen LogP contribution >= 0.6 is 0 Å². The highest BCUT2D eigenvalue weighted by Crippen LogP contribution is 2.65. The van der Waals surface area contributed by atoms with Crippen LogP contribution in [0.1, 0.15) is 78.1 Å². The van der Waals surface area contributed by atoms with Gasteiger partial charge in [-0.1, -0.05) is 19.4 Å². The molecule has 0 aromatic heterocycles. The van der Waals surface area contributed by atoms with Crippen LogP contribution in [0.25, 0.3) is 0 Å². The molecule has 1 heterocycles. The van der Waals surface area contributed by atoms with Crippen molar-refractivity contribution in [2.45, 2.75) is 84.3 Å². The molecule has 0 amide bonds. The van der Waals surface area contributed by atoms with Crippen LogP contribution in [0.2, 0.25) is 0 Å². The summed E-state index contributed by atoms with van der Waals surface area (Å²) in [5.41, 5.74) is 1.18. The van der Waals surface area contributed by atoms with E-state index in [-0.39, 0.29) is 22.9 Å². The van der Waals surface area contributed by atoms with Gasteiger partial charge < -0.3 is 9.47 Å². The van der Waals surface area contributed by atoms with Crippen molar-refractivity contribution >= 4 is 11.6 Å². The van der Waals surface area contributed by atoms with Gasteiger partial charge in [-0.3, -0.25) is 9.59 Å². The molecule has 1 aliphatic heterocycles. The summed E-state index contributed by atoms with van der Waals surface area (Å²) < 4.78 is 12.3. The third-order valence-corrected chi connectivity index (χ3v) is 9.52. The lowest BCUT2D eigenvalue weighted by atomic mass is 9.45. The van der Waals surface area contributed by atoms with Gasteiger partial charge in [-0.25, -0.2) is 0 Å². The van der Waals surface area contributed by atoms with Crippen molar-refractivity contribution in [2.75, 3.05) is 13.2 Å². The molecule has 0 aromatic rings. The lowest BCUT2D eigenvalue weighted by Gasteiger charge is -2.60. The fourth-order valence-corrected chi connectivity index (χ4v) is 7.93. The van der Waals surface area contributed by atoms with Crippen LogP contribution in [0.5, 0.6) is 0 Å². The summed E-state index contributed by atoms with van der Waals surface area (Å²) in [4.78, 5) is 25.1. The molecule has 4 heteroatoms. The number of fused-ring (bicyclic) bond motifs is 5. The Balaban J connectivity index is 1.48. The van der Waals surface area contributed by atoms with Gasteiger partial charge in [-0.15, -0.1) is 0 Å². The molecule has 5 aliphatic rings. The van der Waals surface area contributed by atoms with Gasteiger partial charge in [0.1, 0.15) is 5.78 Å². The Morgan fingerprint density at radius 2 is 1.97 bits per heavy atom. The van der Waals surface area contributed by atoms with Gasteiger partial charge in [-0.2, -0.15) is 0 Å². The molecular weight excluding hydrogens is 364 g/mol. The topological polar surface area (TPSA) is 52.6 Å². The molecule has 29 heavy (non-hydrogen) atoms. The van der Waals surface area contributed by atoms with Crippen molar-refractivity contribution in [1.82, 2.24) is 0 Å². The minimum absolute atomic E-state index is 0.0510. The van der Waals surface area contributed by atoms with E-state index in [9.17, 15) is 9.59 Å². The average molecular weight is 401 g/mol. The van der Waals surface area contributed by atoms with Gasteiger partial charge in [0.15, 0.2) is 12.1 Å². The largest absolute Gasteiger partial charge is 0.353 e. The fraction of sp³-hybridized carbons (Fsp3) is 0.840. The van der Waals surface area contributed by atoms with Gasteiger partial charge in [0, 0.05) is 30.3 Å². The Kier molecular flexibility index (Phi) is 5.02. The first-order valence-corrected chi connectivity index (χ1v) is 12.0. The molecular formula is C25H36O4. The maximum Gasteiger partial charge on any atom is 0.157 e. The van der Waals surface area contributed by atoms with Gasteiger partial charge in [0.05, 0.1) is 6.61 Å². The molecule has 4 nitrogen and oxygen atoms in total. The number of hydrogen-bond donors (Lipinski definition) is 0. The van der Waals surface area contributed by atoms with Crippen LogP contribution in [0, 0.1) is 34.5 Å². The van der Waals surface area contributed by atoms with E-state index in [1.165, 1.54) is 12.0 Å². The lowest BCUT2D eigenvalue weighted by molar-refractivity contribution is -0.197. The average Bonchev–Trinajstić information content (AvgIpc) is 3.02. The Morgan fingerprint density at radius 3 is 2.76 bits per heavy atom. The minimum atomic E-state index is -0.107. The summed E-state index contributed by atoms with van der Waals surface area (Å²) >= 11 is 0. The molecule has 4 fully saturated rings. The SMILES string of the molecule is C[C@@H]1CC(=O)C=C2CC[C@@H]3[C@H](CC[C@]4(C)C(=O)CC[C@@H]34)[C@]21COC1CCCCO1. The van der Waals surface area contributed by atoms with Crippen LogP contribution < -0.4 is 0 Å². The Bertz CT molecular complexity index is 720. The first kappa shape index (κ1) is 19.9. The van der Waals surface area contributed by atoms with Crippen LogP contribution in [-0.4, -0.2) is 31.1 Å². The minimum Gasteiger partial charge on any atom is -0.353 e. The molecule has 0 aromatic carbocycles. The monoisotopic (exact) mass is 400 g/mol. The summed E-state index contributed by atoms with van der Waals surface area (Å²) in [6.45, 7) is 5.98. The summed E-state index contributed by atoms with van der Waals surface area (Å²) in [5, 5.41) is 0. The van der Waals surface area contributed by atoms with Crippen molar-refractivity contribution in [2.24, 2.45) is 34.5 Å². The van der Waals surface area contributed by atoms with E-state index in [0.717, 1.165) is 58.0 Å². The zero-order valence-electron chi connectivity index (χ0n) is 18.1. The van der Waals surface area contributed by atoms with Crippen molar-refractivity contribution in [3.8, 4) is 0 Å². The van der Waals surface area contributed by atoms with Gasteiger partial charge in [0.25, 0.3) is 0 Å². The van der Waals surface area contributed by atoms with Crippen molar-refractivity contribution in [1.29, 1.82) is 0 Å². The number of ether oxygens (including phenoxy) is 2. The molecule has 0 spiro atoms. The summed E-state index contributed by atoms with van der Waals surface area (Å²) in [6.07, 6.45) is 11.8. The molecule has 0 bridgehead atoms. The van der Waals surface area contributed by atoms with E-state index >= 15 is 0 Å². The fourth-order valence-electron chi connectivity index (χ4n) is 7.93. The number of Topliss-reactive ketones (excluding diaryl/α,β-unsaturated/α-hetero) is 1. The molecule has 3 saturated carbocycles. The highest BCUT2D eigenvalue weighted by atomic mass is 16.7. The van der Waals surface area contributed by atoms with E-state index in [4.69, 9.17) is 9.47 Å². The highest BCUT2D eigenvalue weighted by Gasteiger charge is 2.61. The first-order chi connectivity index (χ1) is 13.9. The third-order valence-electron chi connectivity index (χ3n) is 9.52. The number of hydrogen-bond acceptors (Lipinski definition) is 4. The zero-order valence-corrected chi connectivity index (χ0v) is 18.1. The molecule has 7 atom stereocenters. The van der Waals surface area contributed by atoms with Crippen molar-refractivity contribution in [3.63, 3.8) is 0 Å². The number of ketones is 2. The van der Waals surface area contributed by atoms with Gasteiger partial charge >= 0.3 is 0 Å². The van der Waals surface area contributed by atoms with E-state index in [2.05, 4.69) is 13.8 Å². The van der Waals surface area contributed by atoms with E-state index in [0.29, 0.717) is 42.5 Å². The van der Waals surface area contributed by atoms with Crippen molar-refractivity contribution < 1.29 is 19.1 Å². The zero-order chi connectivity index (χ0) is 20.2. The first-order valence-electron chi connectivity index (χ1n) is 12.0. The summed E-state index contributed by atoms with van der Waals surface area (Å²) in [5.74, 6) is 2.71. The van der Waals surface area contributed by atoms with E-state index in [1.54, 1.807) is 0 Å². The van der Waals surface area contributed by atoms with Crippen LogP contribution in [0.15, 0.2) is 11.6 Å². The smallest absolute Gasteiger partial charge is 0.157 e. The van der Waals surface area contributed by atoms with Gasteiger partial charge in [-0.05, 0) is 81.1 Å². The van der Waals surface area contributed by atoms with Crippen LogP contribution in [0.3, 0.4) is 0 Å². The maximum atomic E-state index is 12.7. The van der Waals surface area contributed by atoms with E-state index < -0.39 is 0 Å². The molecule has 5 rings (SSSR count). The highest BCUT2D eigenvalue weighted by molar-refractivity contribution is 5.92. The molecule has 160 valence electrons. The number of rotatable bonds is 3. The second kappa shape index (κ2) is 7.30. The van der Waals surface area contributed by atoms with Crippen LogP contribution in [0.4, 0.5) is 0 Å². The Hall–Kier alpha value is -1.00. The molecule has 1 unspecified atom stereocenters. The third kappa shape index (κ3) is 3.00. The standard InChI is InChI=1S/C25H36O4/c1-16-13-18(26)14-17-6-7-19-20-8-9-22(27)24(20,2)11-10-21(19)25(16,17)15-29-23-5-3-4-12-28-23/h14,16,19-21,23H,3-13,15H2,1-2H3/t16-,19+,20+,21+,23?,24+,25+/m1/s1.